The lowest BCUT2D eigenvalue weighted by Crippen LogP contribution is -2.30. The van der Waals surface area contributed by atoms with Crippen LogP contribution in [-0.4, -0.2) is 27.6 Å². The van der Waals surface area contributed by atoms with Gasteiger partial charge >= 0.3 is 5.97 Å². The van der Waals surface area contributed by atoms with Crippen molar-refractivity contribution in [1.82, 2.24) is 4.98 Å². The van der Waals surface area contributed by atoms with Crippen LogP contribution in [0.15, 0.2) is 18.3 Å². The number of carbonyl (C=O) groups is 1. The van der Waals surface area contributed by atoms with Gasteiger partial charge in [0.15, 0.2) is 0 Å². The van der Waals surface area contributed by atoms with Gasteiger partial charge in [-0.2, -0.15) is 0 Å². The molecule has 0 spiro atoms. The largest absolute Gasteiger partial charge is 0.543 e. The molecule has 100 valence electrons. The van der Waals surface area contributed by atoms with Crippen molar-refractivity contribution in [3.05, 3.63) is 24.0 Å². The van der Waals surface area contributed by atoms with E-state index in [1.54, 1.807) is 18.3 Å². The standard InChI is InChI=1S/C12H21NO3Si2/c1-17(2,3)15-10-7-8-11(13-9-10)12(14)16-18(4,5)6/h7-9H,1-6H3. The average molecular weight is 283 g/mol. The lowest BCUT2D eigenvalue weighted by Gasteiger charge is -2.19. The lowest BCUT2D eigenvalue weighted by molar-refractivity contribution is 0.0718. The molecule has 18 heavy (non-hydrogen) atoms. The Hall–Kier alpha value is -1.15. The van der Waals surface area contributed by atoms with Gasteiger partial charge in [-0.05, 0) is 51.4 Å². The SMILES string of the molecule is C[Si](C)(C)OC(=O)c1ccc(O[Si](C)(C)C)cn1. The van der Waals surface area contributed by atoms with Crippen molar-refractivity contribution in [3.63, 3.8) is 0 Å². The zero-order chi connectivity index (χ0) is 14.0. The van der Waals surface area contributed by atoms with Crippen molar-refractivity contribution in [1.29, 1.82) is 0 Å². The Morgan fingerprint density at radius 1 is 1.06 bits per heavy atom. The van der Waals surface area contributed by atoms with E-state index in [1.807, 2.05) is 19.6 Å². The summed E-state index contributed by atoms with van der Waals surface area (Å²) in [5, 5.41) is 0. The third kappa shape index (κ3) is 5.46. The third-order valence-corrected chi connectivity index (χ3v) is 3.41. The van der Waals surface area contributed by atoms with Crippen LogP contribution in [0.1, 0.15) is 10.5 Å². The Balaban J connectivity index is 2.74. The Bertz CT molecular complexity index is 418. The van der Waals surface area contributed by atoms with Gasteiger partial charge < -0.3 is 8.85 Å². The predicted molar refractivity (Wildman–Crippen MR) is 77.0 cm³/mol. The summed E-state index contributed by atoms with van der Waals surface area (Å²) < 4.78 is 11.1. The average Bonchev–Trinajstić information content (AvgIpc) is 2.13. The van der Waals surface area contributed by atoms with E-state index in [4.69, 9.17) is 8.85 Å². The third-order valence-electron chi connectivity index (χ3n) is 1.77. The van der Waals surface area contributed by atoms with E-state index in [2.05, 4.69) is 24.6 Å². The van der Waals surface area contributed by atoms with Crippen LogP contribution in [0.3, 0.4) is 0 Å². The summed E-state index contributed by atoms with van der Waals surface area (Å²) in [6, 6.07) is 3.42. The van der Waals surface area contributed by atoms with Gasteiger partial charge in [0, 0.05) is 0 Å². The second-order valence-electron chi connectivity index (χ2n) is 6.10. The fourth-order valence-corrected chi connectivity index (χ4v) is 2.73. The summed E-state index contributed by atoms with van der Waals surface area (Å²) in [4.78, 5) is 15.9. The molecule has 0 aliphatic rings. The molecule has 1 rings (SSSR count). The molecule has 0 unspecified atom stereocenters. The van der Waals surface area contributed by atoms with Gasteiger partial charge in [-0.25, -0.2) is 9.78 Å². The zero-order valence-electron chi connectivity index (χ0n) is 11.9. The maximum Gasteiger partial charge on any atom is 0.343 e. The van der Waals surface area contributed by atoms with Crippen LogP contribution in [0.2, 0.25) is 39.3 Å². The van der Waals surface area contributed by atoms with E-state index in [1.165, 1.54) is 0 Å². The highest BCUT2D eigenvalue weighted by molar-refractivity contribution is 6.71. The van der Waals surface area contributed by atoms with Crippen LogP contribution in [-0.2, 0) is 4.43 Å². The minimum atomic E-state index is -1.87. The molecule has 1 aromatic rings. The fraction of sp³-hybridized carbons (Fsp3) is 0.500. The second-order valence-corrected chi connectivity index (χ2v) is 15.0. The van der Waals surface area contributed by atoms with E-state index in [9.17, 15) is 4.79 Å². The van der Waals surface area contributed by atoms with Crippen molar-refractivity contribution in [3.8, 4) is 5.75 Å². The van der Waals surface area contributed by atoms with Gasteiger partial charge in [0.1, 0.15) is 11.4 Å². The molecule has 6 heteroatoms. The van der Waals surface area contributed by atoms with Crippen molar-refractivity contribution in [2.24, 2.45) is 0 Å². The Morgan fingerprint density at radius 2 is 1.67 bits per heavy atom. The molecule has 0 N–H and O–H groups in total. The normalized spacial score (nSPS) is 12.1. The van der Waals surface area contributed by atoms with E-state index in [-0.39, 0.29) is 5.97 Å². The minimum Gasteiger partial charge on any atom is -0.543 e. The molecule has 0 atom stereocenters. The number of hydrogen-bond donors (Lipinski definition) is 0. The Labute approximate surface area is 111 Å². The molecule has 0 radical (unpaired) electrons. The van der Waals surface area contributed by atoms with Gasteiger partial charge in [0.05, 0.1) is 6.20 Å². The fourth-order valence-electron chi connectivity index (χ4n) is 1.25. The smallest absolute Gasteiger partial charge is 0.343 e. The quantitative estimate of drug-likeness (QED) is 0.796. The number of pyridine rings is 1. The van der Waals surface area contributed by atoms with E-state index in [0.717, 1.165) is 0 Å². The van der Waals surface area contributed by atoms with Crippen LogP contribution < -0.4 is 4.43 Å². The summed E-state index contributed by atoms with van der Waals surface area (Å²) in [5.41, 5.74) is 0.334. The minimum absolute atomic E-state index is 0.334. The molecule has 0 saturated heterocycles. The maximum absolute atomic E-state index is 11.8. The van der Waals surface area contributed by atoms with Crippen molar-refractivity contribution in [2.45, 2.75) is 39.3 Å². The molecule has 0 saturated carbocycles. The predicted octanol–water partition coefficient (Wildman–Crippen LogP) is 3.29. The molecule has 1 aromatic heterocycles. The monoisotopic (exact) mass is 283 g/mol. The van der Waals surface area contributed by atoms with Crippen LogP contribution in [0.5, 0.6) is 5.75 Å². The summed E-state index contributed by atoms with van der Waals surface area (Å²) in [6.45, 7) is 12.2. The van der Waals surface area contributed by atoms with Crippen molar-refractivity contribution >= 4 is 22.6 Å². The lowest BCUT2D eigenvalue weighted by atomic mass is 10.3. The van der Waals surface area contributed by atoms with Crippen LogP contribution in [0.25, 0.3) is 0 Å². The first-order chi connectivity index (χ1) is 8.07. The number of hydrogen-bond acceptors (Lipinski definition) is 4. The maximum atomic E-state index is 11.8. The van der Waals surface area contributed by atoms with Crippen LogP contribution in [0.4, 0.5) is 0 Å². The molecular weight excluding hydrogens is 262 g/mol. The van der Waals surface area contributed by atoms with Gasteiger partial charge in [-0.3, -0.25) is 0 Å². The molecule has 0 aromatic carbocycles. The second kappa shape index (κ2) is 5.23. The van der Waals surface area contributed by atoms with Crippen molar-refractivity contribution in [2.75, 3.05) is 0 Å². The van der Waals surface area contributed by atoms with Crippen molar-refractivity contribution < 1.29 is 13.6 Å². The van der Waals surface area contributed by atoms with E-state index >= 15 is 0 Å². The molecule has 0 bridgehead atoms. The van der Waals surface area contributed by atoms with Gasteiger partial charge in [0.2, 0.25) is 16.6 Å². The van der Waals surface area contributed by atoms with Gasteiger partial charge in [-0.15, -0.1) is 0 Å². The summed E-state index contributed by atoms with van der Waals surface area (Å²) in [5.74, 6) is 0.354. The molecule has 1 heterocycles. The van der Waals surface area contributed by atoms with Gasteiger partial charge in [0.25, 0.3) is 0 Å². The molecule has 0 aliphatic heterocycles. The Kier molecular flexibility index (Phi) is 4.34. The topological polar surface area (TPSA) is 48.4 Å². The first-order valence-corrected chi connectivity index (χ1v) is 12.8. The number of nitrogens with zero attached hydrogens (tertiary/aromatic N) is 1. The summed E-state index contributed by atoms with van der Waals surface area (Å²) >= 11 is 0. The van der Waals surface area contributed by atoms with E-state index in [0.29, 0.717) is 11.4 Å². The molecule has 0 fully saturated rings. The van der Waals surface area contributed by atoms with E-state index < -0.39 is 16.6 Å². The summed E-state index contributed by atoms with van der Waals surface area (Å²) in [6.07, 6.45) is 1.58. The molecule has 0 aliphatic carbocycles. The highest BCUT2D eigenvalue weighted by atomic mass is 28.4. The highest BCUT2D eigenvalue weighted by Crippen LogP contribution is 2.16. The first kappa shape index (κ1) is 14.9. The zero-order valence-corrected chi connectivity index (χ0v) is 13.9. The molecular formula is C12H21NO3Si2. The van der Waals surface area contributed by atoms with Crippen LogP contribution in [0, 0.1) is 0 Å². The number of rotatable bonds is 4. The molecule has 0 amide bonds. The number of aromatic nitrogens is 1. The summed E-state index contributed by atoms with van der Waals surface area (Å²) in [7, 11) is -3.50. The first-order valence-electron chi connectivity index (χ1n) is 5.95. The van der Waals surface area contributed by atoms with Crippen LogP contribution >= 0.6 is 0 Å². The van der Waals surface area contributed by atoms with Gasteiger partial charge in [-0.1, -0.05) is 0 Å². The Morgan fingerprint density at radius 3 is 2.06 bits per heavy atom. The molecule has 4 nitrogen and oxygen atoms in total. The highest BCUT2D eigenvalue weighted by Gasteiger charge is 2.22. The number of carbonyl (C=O) groups excluding carboxylic acids is 1.